The summed E-state index contributed by atoms with van der Waals surface area (Å²) in [4.78, 5) is 18.4. The highest BCUT2D eigenvalue weighted by molar-refractivity contribution is 7.99. The Hall–Kier alpha value is -2.05. The molecule has 1 atom stereocenters. The van der Waals surface area contributed by atoms with Gasteiger partial charge >= 0.3 is 0 Å². The Morgan fingerprint density at radius 3 is 2.83 bits per heavy atom. The van der Waals surface area contributed by atoms with Gasteiger partial charge in [0, 0.05) is 37.0 Å². The van der Waals surface area contributed by atoms with Gasteiger partial charge in [0.05, 0.1) is 41.6 Å². The van der Waals surface area contributed by atoms with Gasteiger partial charge in [0.2, 0.25) is 0 Å². The molecule has 0 radical (unpaired) electrons. The van der Waals surface area contributed by atoms with Gasteiger partial charge in [-0.2, -0.15) is 5.10 Å². The number of piperidine rings is 1. The van der Waals surface area contributed by atoms with E-state index in [2.05, 4.69) is 20.5 Å². The van der Waals surface area contributed by atoms with Crippen molar-refractivity contribution in [3.05, 3.63) is 51.8 Å². The normalized spacial score (nSPS) is 21.4. The van der Waals surface area contributed by atoms with Crippen LogP contribution in [0, 0.1) is 5.82 Å². The van der Waals surface area contributed by atoms with Crippen molar-refractivity contribution in [2.75, 3.05) is 32.0 Å². The molecule has 0 spiro atoms. The maximum absolute atomic E-state index is 16.2. The Bertz CT molecular complexity index is 1320. The first-order valence-electron chi connectivity index (χ1n) is 11.5. The molecule has 36 heavy (non-hydrogen) atoms. The quantitative estimate of drug-likeness (QED) is 0.511. The van der Waals surface area contributed by atoms with Crippen molar-refractivity contribution in [3.8, 4) is 5.75 Å². The Kier molecular flexibility index (Phi) is 8.06. The van der Waals surface area contributed by atoms with Crippen LogP contribution in [0.15, 0.2) is 34.2 Å². The molecule has 3 aliphatic heterocycles. The van der Waals surface area contributed by atoms with Gasteiger partial charge in [-0.1, -0.05) is 11.8 Å². The number of fused-ring (bicyclic) bond motifs is 1. The largest absolute Gasteiger partial charge is 0.490 e. The van der Waals surface area contributed by atoms with Crippen LogP contribution in [0.4, 0.5) is 8.78 Å². The van der Waals surface area contributed by atoms with Gasteiger partial charge in [0.15, 0.2) is 16.4 Å². The molecule has 0 amide bonds. The van der Waals surface area contributed by atoms with Gasteiger partial charge < -0.3 is 14.6 Å². The number of ether oxygens (including phenoxy) is 1. The lowest BCUT2D eigenvalue weighted by molar-refractivity contribution is 0.0636. The van der Waals surface area contributed by atoms with Crippen LogP contribution in [-0.4, -0.2) is 62.7 Å². The first-order valence-corrected chi connectivity index (χ1v) is 12.4. The lowest BCUT2D eigenvalue weighted by atomic mass is 9.95. The first kappa shape index (κ1) is 27.0. The summed E-state index contributed by atoms with van der Waals surface area (Å²) in [5, 5.41) is 12.9. The molecule has 1 unspecified atom stereocenters. The molecule has 6 heterocycles. The maximum atomic E-state index is 16.2. The molecule has 3 aliphatic rings. The third-order valence-corrected chi connectivity index (χ3v) is 7.73. The summed E-state index contributed by atoms with van der Waals surface area (Å²) in [7, 11) is 0. The molecule has 3 aromatic heterocycles. The van der Waals surface area contributed by atoms with Crippen molar-refractivity contribution in [1.82, 2.24) is 30.0 Å². The SMILES string of the molecule is Cl.Cl.O=c1ccc2ncc(F)c3c2n1CC3(F)CN1CCC(NCc2cc3c(nn2)SCCO3)CC1. The fourth-order valence-corrected chi connectivity index (χ4v) is 5.88. The second-order valence-corrected chi connectivity index (χ2v) is 10.2. The molecule has 0 saturated carbocycles. The third kappa shape index (κ3) is 4.91. The molecule has 194 valence electrons. The topological polar surface area (TPSA) is 85.2 Å². The van der Waals surface area contributed by atoms with Gasteiger partial charge in [0.25, 0.3) is 5.56 Å². The van der Waals surface area contributed by atoms with Crippen molar-refractivity contribution in [2.24, 2.45) is 0 Å². The van der Waals surface area contributed by atoms with E-state index in [-0.39, 0.29) is 60.6 Å². The lowest BCUT2D eigenvalue weighted by Gasteiger charge is -2.36. The Labute approximate surface area is 223 Å². The predicted molar refractivity (Wildman–Crippen MR) is 138 cm³/mol. The molecular weight excluding hydrogens is 533 g/mol. The Morgan fingerprint density at radius 2 is 2.03 bits per heavy atom. The van der Waals surface area contributed by atoms with Gasteiger partial charge in [0.1, 0.15) is 5.82 Å². The van der Waals surface area contributed by atoms with E-state index in [1.807, 2.05) is 11.0 Å². The molecule has 8 nitrogen and oxygen atoms in total. The highest BCUT2D eigenvalue weighted by atomic mass is 35.5. The zero-order valence-corrected chi connectivity index (χ0v) is 21.7. The third-order valence-electron chi connectivity index (χ3n) is 6.80. The van der Waals surface area contributed by atoms with Crippen LogP contribution in [0.25, 0.3) is 11.0 Å². The summed E-state index contributed by atoms with van der Waals surface area (Å²) < 4.78 is 37.9. The number of thioether (sulfide) groups is 1. The number of halogens is 4. The van der Waals surface area contributed by atoms with E-state index in [0.717, 1.165) is 41.3 Å². The zero-order valence-electron chi connectivity index (χ0n) is 19.3. The summed E-state index contributed by atoms with van der Waals surface area (Å²) >= 11 is 1.65. The average molecular weight is 559 g/mol. The summed E-state index contributed by atoms with van der Waals surface area (Å²) in [5.41, 5.74) is -0.791. The lowest BCUT2D eigenvalue weighted by Crippen LogP contribution is -2.47. The number of alkyl halides is 1. The zero-order chi connectivity index (χ0) is 23.3. The monoisotopic (exact) mass is 558 g/mol. The van der Waals surface area contributed by atoms with E-state index in [4.69, 9.17) is 4.74 Å². The van der Waals surface area contributed by atoms with E-state index in [9.17, 15) is 9.18 Å². The van der Waals surface area contributed by atoms with Crippen LogP contribution in [0.2, 0.25) is 0 Å². The van der Waals surface area contributed by atoms with E-state index in [0.29, 0.717) is 31.8 Å². The van der Waals surface area contributed by atoms with Crippen LogP contribution in [0.3, 0.4) is 0 Å². The van der Waals surface area contributed by atoms with Crippen molar-refractivity contribution >= 4 is 47.6 Å². The van der Waals surface area contributed by atoms with Crippen LogP contribution in [0.1, 0.15) is 24.1 Å². The number of aromatic nitrogens is 4. The fourth-order valence-electron chi connectivity index (χ4n) is 5.16. The minimum Gasteiger partial charge on any atom is -0.490 e. The van der Waals surface area contributed by atoms with E-state index in [1.54, 1.807) is 11.8 Å². The number of likely N-dealkylation sites (tertiary alicyclic amines) is 1. The van der Waals surface area contributed by atoms with Gasteiger partial charge in [-0.05, 0) is 32.0 Å². The summed E-state index contributed by atoms with van der Waals surface area (Å²) in [5.74, 6) is 0.983. The molecular formula is C23H26Cl2F2N6O2S. The Balaban J connectivity index is 0.00000152. The molecule has 1 fully saturated rings. The average Bonchev–Trinajstić information content (AvgIpc) is 3.17. The van der Waals surface area contributed by atoms with Gasteiger partial charge in [-0.25, -0.2) is 8.78 Å². The van der Waals surface area contributed by atoms with Gasteiger partial charge in [-0.3, -0.25) is 14.7 Å². The second-order valence-electron chi connectivity index (χ2n) is 9.07. The van der Waals surface area contributed by atoms with Gasteiger partial charge in [-0.15, -0.1) is 29.9 Å². The highest BCUT2D eigenvalue weighted by Crippen LogP contribution is 2.41. The number of hydrogen-bond acceptors (Lipinski definition) is 8. The summed E-state index contributed by atoms with van der Waals surface area (Å²) in [6, 6.07) is 5.09. The van der Waals surface area contributed by atoms with Crippen LogP contribution < -0.4 is 15.6 Å². The Morgan fingerprint density at radius 1 is 1.22 bits per heavy atom. The molecule has 3 aromatic rings. The number of hydrogen-bond donors (Lipinski definition) is 1. The fraction of sp³-hybridized carbons (Fsp3) is 0.478. The van der Waals surface area contributed by atoms with Crippen LogP contribution in [-0.2, 0) is 18.8 Å². The highest BCUT2D eigenvalue weighted by Gasteiger charge is 2.45. The number of pyridine rings is 2. The van der Waals surface area contributed by atoms with E-state index < -0.39 is 11.5 Å². The summed E-state index contributed by atoms with van der Waals surface area (Å²) in [6.45, 7) is 2.49. The predicted octanol–water partition coefficient (Wildman–Crippen LogP) is 3.09. The molecule has 13 heteroatoms. The van der Waals surface area contributed by atoms with E-state index in [1.165, 1.54) is 16.7 Å². The smallest absolute Gasteiger partial charge is 0.251 e. The molecule has 0 bridgehead atoms. The molecule has 6 rings (SSSR count). The minimum atomic E-state index is -1.96. The minimum absolute atomic E-state index is 0. The standard InChI is InChI=1S/C23H24F2N6O2S.2ClH/c24-16-11-27-17-1-2-19(32)31-13-23(25,20(16)21(17)31)12-30-5-3-14(4-6-30)26-10-15-9-18-22(29-28-15)34-8-7-33-18;;/h1-2,9,11,14,26H,3-8,10,12-13H2;2*1H. The maximum Gasteiger partial charge on any atom is 0.251 e. The molecule has 1 saturated heterocycles. The van der Waals surface area contributed by atoms with Crippen molar-refractivity contribution in [3.63, 3.8) is 0 Å². The van der Waals surface area contributed by atoms with Crippen LogP contribution >= 0.6 is 36.6 Å². The molecule has 1 N–H and O–H groups in total. The number of rotatable bonds is 5. The first-order chi connectivity index (χ1) is 16.5. The van der Waals surface area contributed by atoms with Crippen molar-refractivity contribution in [1.29, 1.82) is 0 Å². The molecule has 0 aliphatic carbocycles. The van der Waals surface area contributed by atoms with Crippen molar-refractivity contribution in [2.45, 2.75) is 42.7 Å². The molecule has 0 aromatic carbocycles. The number of nitrogens with zero attached hydrogens (tertiary/aromatic N) is 5. The van der Waals surface area contributed by atoms with Crippen LogP contribution in [0.5, 0.6) is 5.75 Å². The van der Waals surface area contributed by atoms with E-state index >= 15 is 4.39 Å². The van der Waals surface area contributed by atoms with Crippen molar-refractivity contribution < 1.29 is 13.5 Å². The number of nitrogens with one attached hydrogen (secondary N) is 1. The summed E-state index contributed by atoms with van der Waals surface area (Å²) in [6.07, 6.45) is 2.72. The second kappa shape index (κ2) is 10.7.